The van der Waals surface area contributed by atoms with Crippen molar-refractivity contribution in [1.29, 1.82) is 0 Å². The molecule has 2 aromatic rings. The molecular formula is C15H9F5N2O5S. The Morgan fingerprint density at radius 1 is 1.07 bits per heavy atom. The van der Waals surface area contributed by atoms with E-state index in [0.717, 1.165) is 30.3 Å². The Labute approximate surface area is 153 Å². The summed E-state index contributed by atoms with van der Waals surface area (Å²) in [5, 5.41) is 12.8. The highest BCUT2D eigenvalue weighted by Gasteiger charge is 2.38. The zero-order valence-corrected chi connectivity index (χ0v) is 14.2. The summed E-state index contributed by atoms with van der Waals surface area (Å²) in [5.74, 6) is -4.64. The Morgan fingerprint density at radius 2 is 1.64 bits per heavy atom. The van der Waals surface area contributed by atoms with Gasteiger partial charge in [0, 0.05) is 17.3 Å². The molecule has 0 aliphatic rings. The smallest absolute Gasteiger partial charge is 0.322 e. The van der Waals surface area contributed by atoms with E-state index in [1.807, 2.05) is 0 Å². The second-order valence-electron chi connectivity index (χ2n) is 5.27. The van der Waals surface area contributed by atoms with Crippen molar-refractivity contribution in [2.45, 2.75) is 16.8 Å². The van der Waals surface area contributed by atoms with E-state index in [4.69, 9.17) is 0 Å². The van der Waals surface area contributed by atoms with Crippen molar-refractivity contribution in [2.24, 2.45) is 0 Å². The first-order valence-corrected chi connectivity index (χ1v) is 8.68. The minimum atomic E-state index is -5.05. The molecule has 0 saturated heterocycles. The monoisotopic (exact) mass is 424 g/mol. The van der Waals surface area contributed by atoms with Gasteiger partial charge in [0.15, 0.2) is 0 Å². The Hall–Kier alpha value is -3.09. The van der Waals surface area contributed by atoms with Gasteiger partial charge in [-0.15, -0.1) is 0 Å². The molecule has 1 N–H and O–H groups in total. The first-order chi connectivity index (χ1) is 12.8. The molecule has 13 heteroatoms. The lowest BCUT2D eigenvalue weighted by Gasteiger charge is -2.11. The highest BCUT2D eigenvalue weighted by molar-refractivity contribution is 7.91. The molecular weight excluding hydrogens is 415 g/mol. The van der Waals surface area contributed by atoms with Crippen molar-refractivity contribution in [3.63, 3.8) is 0 Å². The fraction of sp³-hybridized carbons (Fsp3) is 0.133. The molecule has 0 spiro atoms. The van der Waals surface area contributed by atoms with Gasteiger partial charge in [-0.05, 0) is 36.4 Å². The number of anilines is 1. The molecule has 0 aliphatic carbocycles. The van der Waals surface area contributed by atoms with Gasteiger partial charge in [-0.25, -0.2) is 8.42 Å². The lowest BCUT2D eigenvalue weighted by Crippen LogP contribution is -2.15. The van der Waals surface area contributed by atoms with Crippen LogP contribution in [0.25, 0.3) is 0 Å². The molecule has 0 aliphatic heterocycles. The van der Waals surface area contributed by atoms with Crippen LogP contribution in [0.4, 0.5) is 33.3 Å². The maximum Gasteiger partial charge on any atom is 0.423 e. The predicted octanol–water partition coefficient (Wildman–Crippen LogP) is 3.86. The molecule has 28 heavy (non-hydrogen) atoms. The van der Waals surface area contributed by atoms with Crippen LogP contribution < -0.4 is 5.32 Å². The number of nitrogens with zero attached hydrogens (tertiary/aromatic N) is 1. The molecule has 1 amide bonds. The first-order valence-electron chi connectivity index (χ1n) is 7.13. The number of amides is 1. The lowest BCUT2D eigenvalue weighted by molar-refractivity contribution is -0.388. The minimum Gasteiger partial charge on any atom is -0.322 e. The molecule has 0 heterocycles. The predicted molar refractivity (Wildman–Crippen MR) is 85.7 cm³/mol. The third-order valence-corrected chi connectivity index (χ3v) is 4.83. The maximum atomic E-state index is 12.9. The highest BCUT2D eigenvalue weighted by Crippen LogP contribution is 2.37. The van der Waals surface area contributed by atoms with Crippen LogP contribution in [0.2, 0.25) is 0 Å². The number of hydrogen-bond donors (Lipinski definition) is 1. The van der Waals surface area contributed by atoms with Gasteiger partial charge in [0.05, 0.1) is 9.82 Å². The number of carbonyl (C=O) groups excluding carboxylic acids is 1. The molecule has 7 nitrogen and oxygen atoms in total. The van der Waals surface area contributed by atoms with Crippen LogP contribution in [-0.4, -0.2) is 25.0 Å². The summed E-state index contributed by atoms with van der Waals surface area (Å²) in [6, 6.07) is 5.07. The minimum absolute atomic E-state index is 0.236. The van der Waals surface area contributed by atoms with Gasteiger partial charge < -0.3 is 5.32 Å². The zero-order valence-electron chi connectivity index (χ0n) is 13.4. The largest absolute Gasteiger partial charge is 0.423 e. The molecule has 0 unspecified atom stereocenters. The number of carbonyl (C=O) groups is 1. The van der Waals surface area contributed by atoms with Crippen molar-refractivity contribution in [2.75, 3.05) is 5.32 Å². The number of sulfone groups is 1. The number of hydrogen-bond acceptors (Lipinski definition) is 5. The van der Waals surface area contributed by atoms with E-state index >= 15 is 0 Å². The van der Waals surface area contributed by atoms with Crippen molar-refractivity contribution < 1.29 is 40.1 Å². The van der Waals surface area contributed by atoms with Crippen molar-refractivity contribution >= 4 is 27.1 Å². The van der Waals surface area contributed by atoms with Crippen LogP contribution in [0.5, 0.6) is 0 Å². The molecule has 2 aromatic carbocycles. The summed E-state index contributed by atoms with van der Waals surface area (Å²) >= 11 is 0. The normalized spacial score (nSPS) is 12.1. The van der Waals surface area contributed by atoms with Gasteiger partial charge in [-0.3, -0.25) is 14.9 Å². The van der Waals surface area contributed by atoms with E-state index < -0.39 is 54.4 Å². The van der Waals surface area contributed by atoms with Crippen LogP contribution in [-0.2, 0) is 16.0 Å². The number of nitro benzene ring substituents is 1. The highest BCUT2D eigenvalue weighted by atomic mass is 32.2. The molecule has 0 bridgehead atoms. The van der Waals surface area contributed by atoms with Crippen molar-refractivity contribution in [1.82, 2.24) is 0 Å². The van der Waals surface area contributed by atoms with Gasteiger partial charge in [-0.1, -0.05) is 0 Å². The summed E-state index contributed by atoms with van der Waals surface area (Å²) in [5.41, 5.74) is -3.42. The topological polar surface area (TPSA) is 106 Å². The Balaban J connectivity index is 2.29. The first kappa shape index (κ1) is 21.2. The van der Waals surface area contributed by atoms with Gasteiger partial charge >= 0.3 is 11.9 Å². The van der Waals surface area contributed by atoms with E-state index in [-0.39, 0.29) is 5.56 Å². The summed E-state index contributed by atoms with van der Waals surface area (Å²) < 4.78 is 86.3. The van der Waals surface area contributed by atoms with E-state index in [0.29, 0.717) is 12.1 Å². The summed E-state index contributed by atoms with van der Waals surface area (Å²) in [4.78, 5) is 20.8. The second kappa shape index (κ2) is 7.50. The number of benzene rings is 2. The third-order valence-electron chi connectivity index (χ3n) is 3.44. The number of halogens is 5. The second-order valence-corrected chi connectivity index (χ2v) is 7.19. The number of rotatable bonds is 5. The molecule has 0 saturated carbocycles. The molecule has 0 atom stereocenters. The van der Waals surface area contributed by atoms with Crippen LogP contribution in [0.1, 0.15) is 15.9 Å². The van der Waals surface area contributed by atoms with Gasteiger partial charge in [-0.2, -0.15) is 22.0 Å². The standard InChI is InChI=1S/C15H9F5N2O5S/c16-14(17)28(26,27)10-4-1-8(2-5-10)13(23)21-9-3-6-12(22(24)25)11(7-9)15(18,19)20/h1-7,14H,(H,21,23). The molecule has 0 radical (unpaired) electrons. The molecule has 0 aromatic heterocycles. The number of nitrogens with one attached hydrogen (secondary N) is 1. The summed E-state index contributed by atoms with van der Waals surface area (Å²) in [6.45, 7) is 0. The summed E-state index contributed by atoms with van der Waals surface area (Å²) in [6.07, 6.45) is -5.05. The molecule has 2 rings (SSSR count). The average molecular weight is 424 g/mol. The third kappa shape index (κ3) is 4.42. The SMILES string of the molecule is O=C(Nc1ccc([N+](=O)[O-])c(C(F)(F)F)c1)c1ccc(S(=O)(=O)C(F)F)cc1. The molecule has 150 valence electrons. The Bertz CT molecular complexity index is 1020. The molecule has 0 fully saturated rings. The van der Waals surface area contributed by atoms with Gasteiger partial charge in [0.1, 0.15) is 5.56 Å². The van der Waals surface area contributed by atoms with E-state index in [1.165, 1.54) is 0 Å². The Kier molecular flexibility index (Phi) is 5.68. The van der Waals surface area contributed by atoms with Gasteiger partial charge in [0.2, 0.25) is 9.84 Å². The van der Waals surface area contributed by atoms with Crippen LogP contribution in [0.3, 0.4) is 0 Å². The Morgan fingerprint density at radius 3 is 2.11 bits per heavy atom. The zero-order chi connectivity index (χ0) is 21.3. The van der Waals surface area contributed by atoms with Crippen LogP contribution >= 0.6 is 0 Å². The van der Waals surface area contributed by atoms with Crippen molar-refractivity contribution in [3.8, 4) is 0 Å². The fourth-order valence-corrected chi connectivity index (χ4v) is 2.82. The number of nitro groups is 1. The van der Waals surface area contributed by atoms with Crippen LogP contribution in [0, 0.1) is 10.1 Å². The van der Waals surface area contributed by atoms with Crippen molar-refractivity contribution in [3.05, 3.63) is 63.7 Å². The van der Waals surface area contributed by atoms with Crippen LogP contribution in [0.15, 0.2) is 47.4 Å². The number of alkyl halides is 5. The fourth-order valence-electron chi connectivity index (χ4n) is 2.10. The quantitative estimate of drug-likeness (QED) is 0.446. The van der Waals surface area contributed by atoms with Gasteiger partial charge in [0.25, 0.3) is 11.6 Å². The van der Waals surface area contributed by atoms with E-state index in [9.17, 15) is 45.3 Å². The maximum absolute atomic E-state index is 12.9. The van der Waals surface area contributed by atoms with E-state index in [2.05, 4.69) is 5.32 Å². The van der Waals surface area contributed by atoms with E-state index in [1.54, 1.807) is 0 Å². The lowest BCUT2D eigenvalue weighted by atomic mass is 10.1. The summed E-state index contributed by atoms with van der Waals surface area (Å²) in [7, 11) is -4.87. The average Bonchev–Trinajstić information content (AvgIpc) is 2.60.